The van der Waals surface area contributed by atoms with Crippen LogP contribution in [0, 0.1) is 0 Å². The van der Waals surface area contributed by atoms with Gasteiger partial charge in [-0.25, -0.2) is 0 Å². The number of nitrogens with zero attached hydrogens (tertiary/aromatic N) is 1. The Hall–Kier alpha value is -0.740. The number of hydrogen-bond donors (Lipinski definition) is 1. The molecule has 1 aromatic rings. The highest BCUT2D eigenvalue weighted by Crippen LogP contribution is 2.26. The zero-order chi connectivity index (χ0) is 13.1. The van der Waals surface area contributed by atoms with Gasteiger partial charge in [0.1, 0.15) is 6.04 Å². The molecule has 18 heavy (non-hydrogen) atoms. The topological polar surface area (TPSA) is 32.3 Å². The van der Waals surface area contributed by atoms with Crippen molar-refractivity contribution in [1.82, 2.24) is 4.90 Å². The van der Waals surface area contributed by atoms with Crippen LogP contribution >= 0.6 is 27.5 Å². The zero-order valence-electron chi connectivity index (χ0n) is 10.2. The SMILES string of the molecule is CC(Nc1ccc(Br)c(Cl)c1)C(=O)N1CCCC1. The Labute approximate surface area is 121 Å². The smallest absolute Gasteiger partial charge is 0.244 e. The molecule has 0 saturated carbocycles. The molecule has 1 saturated heterocycles. The molecule has 0 radical (unpaired) electrons. The molecule has 5 heteroatoms. The fourth-order valence-electron chi connectivity index (χ4n) is 2.11. The van der Waals surface area contributed by atoms with Crippen LogP contribution in [0.25, 0.3) is 0 Å². The van der Waals surface area contributed by atoms with Crippen molar-refractivity contribution in [3.63, 3.8) is 0 Å². The van der Waals surface area contributed by atoms with Crippen LogP contribution in [0.15, 0.2) is 22.7 Å². The minimum absolute atomic E-state index is 0.159. The predicted octanol–water partition coefficient (Wildman–Crippen LogP) is 3.53. The summed E-state index contributed by atoms with van der Waals surface area (Å²) in [6.45, 7) is 3.65. The van der Waals surface area contributed by atoms with Crippen LogP contribution in [0.5, 0.6) is 0 Å². The molecule has 1 unspecified atom stereocenters. The monoisotopic (exact) mass is 330 g/mol. The molecule has 0 spiro atoms. The molecule has 0 aromatic heterocycles. The Morgan fingerprint density at radius 1 is 1.44 bits per heavy atom. The van der Waals surface area contributed by atoms with Gasteiger partial charge in [0.2, 0.25) is 5.91 Å². The highest BCUT2D eigenvalue weighted by Gasteiger charge is 2.22. The first kappa shape index (κ1) is 13.7. The largest absolute Gasteiger partial charge is 0.374 e. The van der Waals surface area contributed by atoms with Gasteiger partial charge in [-0.15, -0.1) is 0 Å². The lowest BCUT2D eigenvalue weighted by atomic mass is 10.2. The average molecular weight is 332 g/mol. The molecular weight excluding hydrogens is 316 g/mol. The lowest BCUT2D eigenvalue weighted by Crippen LogP contribution is -2.39. The molecule has 1 aromatic carbocycles. The number of amides is 1. The van der Waals surface area contributed by atoms with Crippen molar-refractivity contribution in [2.24, 2.45) is 0 Å². The van der Waals surface area contributed by atoms with Crippen molar-refractivity contribution >= 4 is 39.1 Å². The van der Waals surface area contributed by atoms with E-state index in [4.69, 9.17) is 11.6 Å². The maximum absolute atomic E-state index is 12.1. The molecule has 1 aliphatic rings. The van der Waals surface area contributed by atoms with Gasteiger partial charge in [0, 0.05) is 23.2 Å². The summed E-state index contributed by atoms with van der Waals surface area (Å²) in [4.78, 5) is 14.0. The Balaban J connectivity index is 1.99. The zero-order valence-corrected chi connectivity index (χ0v) is 12.6. The van der Waals surface area contributed by atoms with Gasteiger partial charge in [0.05, 0.1) is 5.02 Å². The summed E-state index contributed by atoms with van der Waals surface area (Å²) in [6, 6.07) is 5.38. The van der Waals surface area contributed by atoms with Gasteiger partial charge >= 0.3 is 0 Å². The van der Waals surface area contributed by atoms with E-state index in [1.807, 2.05) is 30.0 Å². The molecule has 1 fully saturated rings. The lowest BCUT2D eigenvalue weighted by Gasteiger charge is -2.22. The van der Waals surface area contributed by atoms with Crippen LogP contribution < -0.4 is 5.32 Å². The van der Waals surface area contributed by atoms with Crippen LogP contribution in [0.1, 0.15) is 19.8 Å². The number of carbonyl (C=O) groups is 1. The number of benzene rings is 1. The average Bonchev–Trinajstić information content (AvgIpc) is 2.86. The lowest BCUT2D eigenvalue weighted by molar-refractivity contribution is -0.130. The highest BCUT2D eigenvalue weighted by molar-refractivity contribution is 9.10. The molecular formula is C13H16BrClN2O. The van der Waals surface area contributed by atoms with Crippen molar-refractivity contribution in [3.05, 3.63) is 27.7 Å². The summed E-state index contributed by atoms with van der Waals surface area (Å²) >= 11 is 9.37. The minimum atomic E-state index is -0.222. The molecule has 0 bridgehead atoms. The molecule has 1 N–H and O–H groups in total. The maximum atomic E-state index is 12.1. The van der Waals surface area contributed by atoms with Crippen molar-refractivity contribution in [3.8, 4) is 0 Å². The maximum Gasteiger partial charge on any atom is 0.244 e. The highest BCUT2D eigenvalue weighted by atomic mass is 79.9. The molecule has 1 atom stereocenters. The first-order valence-electron chi connectivity index (χ1n) is 6.08. The van der Waals surface area contributed by atoms with Crippen molar-refractivity contribution in [2.75, 3.05) is 18.4 Å². The summed E-state index contributed by atoms with van der Waals surface area (Å²) < 4.78 is 0.855. The van der Waals surface area contributed by atoms with Gasteiger partial charge < -0.3 is 10.2 Å². The normalized spacial score (nSPS) is 16.7. The Bertz CT molecular complexity index is 447. The van der Waals surface area contributed by atoms with E-state index in [0.717, 1.165) is 36.1 Å². The number of likely N-dealkylation sites (tertiary alicyclic amines) is 1. The third-order valence-electron chi connectivity index (χ3n) is 3.09. The van der Waals surface area contributed by atoms with Gasteiger partial charge in [0.25, 0.3) is 0 Å². The third kappa shape index (κ3) is 3.18. The van der Waals surface area contributed by atoms with Gasteiger partial charge in [-0.3, -0.25) is 4.79 Å². The quantitative estimate of drug-likeness (QED) is 0.919. The van der Waals surface area contributed by atoms with Crippen LogP contribution in [-0.4, -0.2) is 29.9 Å². The second-order valence-electron chi connectivity index (χ2n) is 4.53. The molecule has 3 nitrogen and oxygen atoms in total. The van der Waals surface area contributed by atoms with Gasteiger partial charge in [-0.2, -0.15) is 0 Å². The molecule has 2 rings (SSSR count). The minimum Gasteiger partial charge on any atom is -0.374 e. The fourth-order valence-corrected chi connectivity index (χ4v) is 2.54. The van der Waals surface area contributed by atoms with E-state index in [1.54, 1.807) is 0 Å². The summed E-state index contributed by atoms with van der Waals surface area (Å²) in [5, 5.41) is 3.83. The van der Waals surface area contributed by atoms with E-state index in [2.05, 4.69) is 21.2 Å². The number of halogens is 2. The van der Waals surface area contributed by atoms with Crippen molar-refractivity contribution in [1.29, 1.82) is 0 Å². The van der Waals surface area contributed by atoms with E-state index in [-0.39, 0.29) is 11.9 Å². The standard InChI is InChI=1S/C13H16BrClN2O/c1-9(13(18)17-6-2-3-7-17)16-10-4-5-11(14)12(15)8-10/h4-5,8-9,16H,2-3,6-7H2,1H3. The summed E-state index contributed by atoms with van der Waals surface area (Å²) in [7, 11) is 0. The van der Waals surface area contributed by atoms with E-state index in [9.17, 15) is 4.79 Å². The van der Waals surface area contributed by atoms with E-state index >= 15 is 0 Å². The predicted molar refractivity (Wildman–Crippen MR) is 78.1 cm³/mol. The number of hydrogen-bond acceptors (Lipinski definition) is 2. The molecule has 98 valence electrons. The molecule has 1 aliphatic heterocycles. The van der Waals surface area contributed by atoms with Gasteiger partial charge in [-0.1, -0.05) is 11.6 Å². The van der Waals surface area contributed by atoms with E-state index in [0.29, 0.717) is 5.02 Å². The number of nitrogens with one attached hydrogen (secondary N) is 1. The van der Waals surface area contributed by atoms with Crippen LogP contribution in [0.3, 0.4) is 0 Å². The van der Waals surface area contributed by atoms with Crippen LogP contribution in [-0.2, 0) is 4.79 Å². The second-order valence-corrected chi connectivity index (χ2v) is 5.79. The first-order chi connectivity index (χ1) is 8.58. The van der Waals surface area contributed by atoms with Crippen LogP contribution in [0.2, 0.25) is 5.02 Å². The summed E-state index contributed by atoms with van der Waals surface area (Å²) in [5.41, 5.74) is 0.864. The molecule has 1 heterocycles. The van der Waals surface area contributed by atoms with Crippen molar-refractivity contribution in [2.45, 2.75) is 25.8 Å². The fraction of sp³-hybridized carbons (Fsp3) is 0.462. The van der Waals surface area contributed by atoms with Crippen LogP contribution in [0.4, 0.5) is 5.69 Å². The second kappa shape index (κ2) is 5.93. The molecule has 1 amide bonds. The van der Waals surface area contributed by atoms with Gasteiger partial charge in [0.15, 0.2) is 0 Å². The summed E-state index contributed by atoms with van der Waals surface area (Å²) in [6.07, 6.45) is 2.23. The third-order valence-corrected chi connectivity index (χ3v) is 4.32. The van der Waals surface area contributed by atoms with Crippen molar-refractivity contribution < 1.29 is 4.79 Å². The first-order valence-corrected chi connectivity index (χ1v) is 7.25. The molecule has 0 aliphatic carbocycles. The summed E-state index contributed by atoms with van der Waals surface area (Å²) in [5.74, 6) is 0.159. The van der Waals surface area contributed by atoms with Gasteiger partial charge in [-0.05, 0) is 53.9 Å². The Morgan fingerprint density at radius 3 is 2.72 bits per heavy atom. The van der Waals surface area contributed by atoms with E-state index < -0.39 is 0 Å². The Kier molecular flexibility index (Phi) is 4.51. The number of carbonyl (C=O) groups excluding carboxylic acids is 1. The Morgan fingerprint density at radius 2 is 2.11 bits per heavy atom. The number of anilines is 1. The van der Waals surface area contributed by atoms with E-state index in [1.165, 1.54) is 0 Å². The number of rotatable bonds is 3.